The van der Waals surface area contributed by atoms with E-state index in [9.17, 15) is 9.90 Å². The van der Waals surface area contributed by atoms with E-state index in [0.717, 1.165) is 0 Å². The van der Waals surface area contributed by atoms with Crippen LogP contribution in [0.15, 0.2) is 18.2 Å². The summed E-state index contributed by atoms with van der Waals surface area (Å²) in [6, 6.07) is 4.61. The van der Waals surface area contributed by atoms with Crippen molar-refractivity contribution in [3.8, 4) is 5.75 Å². The van der Waals surface area contributed by atoms with Gasteiger partial charge in [-0.1, -0.05) is 0 Å². The van der Waals surface area contributed by atoms with Gasteiger partial charge in [0.15, 0.2) is 5.78 Å². The third-order valence-electron chi connectivity index (χ3n) is 1.64. The summed E-state index contributed by atoms with van der Waals surface area (Å²) in [6.45, 7) is 0. The van der Waals surface area contributed by atoms with Crippen LogP contribution in [0.25, 0.3) is 0 Å². The molecule has 0 radical (unpaired) electrons. The Hall–Kier alpha value is -1.22. The lowest BCUT2D eigenvalue weighted by atomic mass is 10.1. The summed E-state index contributed by atoms with van der Waals surface area (Å²) in [6.07, 6.45) is 0.125. The number of anilines is 1. The minimum atomic E-state index is -0.137. The molecule has 0 unspecified atom stereocenters. The van der Waals surface area contributed by atoms with E-state index in [0.29, 0.717) is 11.3 Å². The SMILES string of the molecule is Nc1ccc(O)c(CC(=O)CCl)c1. The fraction of sp³-hybridized carbons (Fsp3) is 0.222. The second kappa shape index (κ2) is 4.14. The maximum atomic E-state index is 11.0. The number of phenols is 1. The number of ketones is 1. The second-order valence-corrected chi connectivity index (χ2v) is 3.00. The quantitative estimate of drug-likeness (QED) is 0.439. The van der Waals surface area contributed by atoms with Crippen molar-refractivity contribution in [2.45, 2.75) is 6.42 Å². The Morgan fingerprint density at radius 2 is 2.23 bits per heavy atom. The molecule has 4 heteroatoms. The molecule has 1 rings (SSSR count). The summed E-state index contributed by atoms with van der Waals surface area (Å²) < 4.78 is 0. The highest BCUT2D eigenvalue weighted by Crippen LogP contribution is 2.20. The molecule has 0 fully saturated rings. The molecule has 1 aromatic carbocycles. The van der Waals surface area contributed by atoms with Crippen LogP contribution in [-0.2, 0) is 11.2 Å². The molecule has 0 amide bonds. The summed E-state index contributed by atoms with van der Waals surface area (Å²) in [5.74, 6) is -0.107. The van der Waals surface area contributed by atoms with Gasteiger partial charge in [-0.25, -0.2) is 0 Å². The number of halogens is 1. The van der Waals surface area contributed by atoms with Crippen LogP contribution in [0.3, 0.4) is 0 Å². The number of aromatic hydroxyl groups is 1. The summed E-state index contributed by atoms with van der Waals surface area (Å²) >= 11 is 5.33. The number of hydrogen-bond donors (Lipinski definition) is 2. The minimum absolute atomic E-state index is 0.0474. The first-order valence-corrected chi connectivity index (χ1v) is 4.32. The zero-order chi connectivity index (χ0) is 9.84. The van der Waals surface area contributed by atoms with Crippen molar-refractivity contribution in [2.24, 2.45) is 0 Å². The predicted octanol–water partition coefficient (Wildman–Crippen LogP) is 1.32. The number of benzene rings is 1. The van der Waals surface area contributed by atoms with E-state index in [4.69, 9.17) is 17.3 Å². The molecule has 0 bridgehead atoms. The minimum Gasteiger partial charge on any atom is -0.508 e. The Kier molecular flexibility index (Phi) is 3.14. The number of nitrogen functional groups attached to an aromatic ring is 1. The van der Waals surface area contributed by atoms with Gasteiger partial charge in [0, 0.05) is 17.7 Å². The summed E-state index contributed by atoms with van der Waals surface area (Å²) in [5.41, 5.74) is 6.53. The fourth-order valence-electron chi connectivity index (χ4n) is 1.01. The largest absolute Gasteiger partial charge is 0.508 e. The van der Waals surface area contributed by atoms with E-state index in [-0.39, 0.29) is 23.8 Å². The van der Waals surface area contributed by atoms with Crippen LogP contribution in [0.4, 0.5) is 5.69 Å². The monoisotopic (exact) mass is 199 g/mol. The van der Waals surface area contributed by atoms with Crippen LogP contribution < -0.4 is 5.73 Å². The summed E-state index contributed by atoms with van der Waals surface area (Å²) in [7, 11) is 0. The third-order valence-corrected chi connectivity index (χ3v) is 1.94. The number of phenolic OH excluding ortho intramolecular Hbond substituents is 1. The topological polar surface area (TPSA) is 63.3 Å². The predicted molar refractivity (Wildman–Crippen MR) is 52.0 cm³/mol. The van der Waals surface area contributed by atoms with Crippen molar-refractivity contribution in [1.82, 2.24) is 0 Å². The second-order valence-electron chi connectivity index (χ2n) is 2.74. The first kappa shape index (κ1) is 9.86. The number of alkyl halides is 1. The van der Waals surface area contributed by atoms with E-state index >= 15 is 0 Å². The standard InChI is InChI=1S/C9H10ClNO2/c10-5-8(12)4-6-3-7(11)1-2-9(6)13/h1-3,13H,4-5,11H2. The Balaban J connectivity index is 2.87. The van der Waals surface area contributed by atoms with Gasteiger partial charge in [-0.15, -0.1) is 11.6 Å². The van der Waals surface area contributed by atoms with E-state index in [1.807, 2.05) is 0 Å². The molecular formula is C9H10ClNO2. The van der Waals surface area contributed by atoms with Crippen LogP contribution in [0.2, 0.25) is 0 Å². The van der Waals surface area contributed by atoms with Gasteiger partial charge in [0.1, 0.15) is 5.75 Å². The molecule has 0 saturated carbocycles. The van der Waals surface area contributed by atoms with Gasteiger partial charge in [-0.3, -0.25) is 4.79 Å². The van der Waals surface area contributed by atoms with Crippen LogP contribution in [0, 0.1) is 0 Å². The molecule has 0 aliphatic rings. The average molecular weight is 200 g/mol. The Labute approximate surface area is 81.1 Å². The lowest BCUT2D eigenvalue weighted by Crippen LogP contribution is -2.04. The van der Waals surface area contributed by atoms with Gasteiger partial charge < -0.3 is 10.8 Å². The highest BCUT2D eigenvalue weighted by Gasteiger charge is 2.06. The Morgan fingerprint density at radius 3 is 2.85 bits per heavy atom. The zero-order valence-electron chi connectivity index (χ0n) is 6.96. The molecule has 0 atom stereocenters. The van der Waals surface area contributed by atoms with Crippen molar-refractivity contribution in [2.75, 3.05) is 11.6 Å². The lowest BCUT2D eigenvalue weighted by Gasteiger charge is -2.03. The number of Topliss-reactive ketones (excluding diaryl/α,β-unsaturated/α-hetero) is 1. The molecule has 0 spiro atoms. The molecule has 0 aliphatic heterocycles. The number of nitrogens with two attached hydrogens (primary N) is 1. The molecule has 0 aliphatic carbocycles. The Morgan fingerprint density at radius 1 is 1.54 bits per heavy atom. The summed E-state index contributed by atoms with van der Waals surface area (Å²) in [5, 5.41) is 9.33. The molecule has 0 heterocycles. The smallest absolute Gasteiger partial charge is 0.152 e. The molecule has 13 heavy (non-hydrogen) atoms. The molecule has 70 valence electrons. The van der Waals surface area contributed by atoms with Crippen LogP contribution in [-0.4, -0.2) is 16.8 Å². The van der Waals surface area contributed by atoms with Crippen LogP contribution in [0.1, 0.15) is 5.56 Å². The molecule has 1 aromatic rings. The molecule has 3 N–H and O–H groups in total. The van der Waals surface area contributed by atoms with Gasteiger partial charge in [-0.2, -0.15) is 0 Å². The van der Waals surface area contributed by atoms with Gasteiger partial charge in [0.25, 0.3) is 0 Å². The van der Waals surface area contributed by atoms with Gasteiger partial charge in [0.05, 0.1) is 5.88 Å². The third kappa shape index (κ3) is 2.63. The molecule has 0 aromatic heterocycles. The first-order chi connectivity index (χ1) is 6.13. The lowest BCUT2D eigenvalue weighted by molar-refractivity contribution is -0.116. The van der Waals surface area contributed by atoms with E-state index < -0.39 is 0 Å². The Bertz CT molecular complexity index is 325. The van der Waals surface area contributed by atoms with Gasteiger partial charge in [-0.05, 0) is 18.2 Å². The number of rotatable bonds is 3. The fourth-order valence-corrected chi connectivity index (χ4v) is 1.10. The van der Waals surface area contributed by atoms with Crippen molar-refractivity contribution in [1.29, 1.82) is 0 Å². The van der Waals surface area contributed by atoms with Crippen molar-refractivity contribution in [3.05, 3.63) is 23.8 Å². The molecular weight excluding hydrogens is 190 g/mol. The van der Waals surface area contributed by atoms with Crippen LogP contribution in [0.5, 0.6) is 5.75 Å². The van der Waals surface area contributed by atoms with E-state index in [2.05, 4.69) is 0 Å². The molecule has 0 saturated heterocycles. The average Bonchev–Trinajstić information content (AvgIpc) is 2.11. The first-order valence-electron chi connectivity index (χ1n) is 3.78. The maximum absolute atomic E-state index is 11.0. The van der Waals surface area contributed by atoms with E-state index in [1.165, 1.54) is 6.07 Å². The summed E-state index contributed by atoms with van der Waals surface area (Å²) in [4.78, 5) is 11.0. The molecule has 3 nitrogen and oxygen atoms in total. The normalized spacial score (nSPS) is 9.92. The highest BCUT2D eigenvalue weighted by molar-refractivity contribution is 6.27. The maximum Gasteiger partial charge on any atom is 0.152 e. The van der Waals surface area contributed by atoms with Crippen molar-refractivity contribution >= 4 is 23.1 Å². The zero-order valence-corrected chi connectivity index (χ0v) is 7.71. The van der Waals surface area contributed by atoms with Crippen molar-refractivity contribution in [3.63, 3.8) is 0 Å². The number of carbonyl (C=O) groups excluding carboxylic acids is 1. The number of hydrogen-bond acceptors (Lipinski definition) is 3. The highest BCUT2D eigenvalue weighted by atomic mass is 35.5. The van der Waals surface area contributed by atoms with Gasteiger partial charge in [0.2, 0.25) is 0 Å². The van der Waals surface area contributed by atoms with Crippen molar-refractivity contribution < 1.29 is 9.90 Å². The van der Waals surface area contributed by atoms with E-state index in [1.54, 1.807) is 12.1 Å². The number of carbonyl (C=O) groups is 1. The van der Waals surface area contributed by atoms with Gasteiger partial charge >= 0.3 is 0 Å². The van der Waals surface area contributed by atoms with Crippen LogP contribution >= 0.6 is 11.6 Å².